The highest BCUT2D eigenvalue weighted by atomic mass is 127. The molecule has 0 spiro atoms. The van der Waals surface area contributed by atoms with Gasteiger partial charge >= 0.3 is 0 Å². The Hall–Kier alpha value is -1.79. The van der Waals surface area contributed by atoms with E-state index in [9.17, 15) is 0 Å². The molecule has 10 heteroatoms. The Kier molecular flexibility index (Phi) is 8.40. The largest absolute Gasteiger partial charge is 0.350 e. The van der Waals surface area contributed by atoms with Gasteiger partial charge in [-0.2, -0.15) is 4.37 Å². The minimum Gasteiger partial charge on any atom is -0.350 e. The fourth-order valence-corrected chi connectivity index (χ4v) is 4.79. The first kappa shape index (κ1) is 22.9. The average molecular weight is 556 g/mol. The van der Waals surface area contributed by atoms with Crippen molar-refractivity contribution in [2.24, 2.45) is 4.99 Å². The fourth-order valence-electron chi connectivity index (χ4n) is 3.25. The molecule has 0 radical (unpaired) electrons. The molecule has 7 nitrogen and oxygen atoms in total. The molecule has 1 saturated heterocycles. The zero-order valence-electron chi connectivity index (χ0n) is 17.1. The van der Waals surface area contributed by atoms with E-state index in [0.717, 1.165) is 65.8 Å². The Morgan fingerprint density at radius 2 is 1.90 bits per heavy atom. The SMILES string of the molecule is CCc1nsc(N2CCN(C(=NC)NCc3nc(-c4ccccc4)cs3)CC2)n1.I. The van der Waals surface area contributed by atoms with Gasteiger partial charge in [0, 0.05) is 62.1 Å². The Balaban J connectivity index is 0.00000256. The van der Waals surface area contributed by atoms with Gasteiger partial charge in [0.2, 0.25) is 5.13 Å². The molecule has 1 fully saturated rings. The molecule has 0 amide bonds. The van der Waals surface area contributed by atoms with E-state index in [1.165, 1.54) is 11.5 Å². The van der Waals surface area contributed by atoms with E-state index in [2.05, 4.69) is 53.9 Å². The van der Waals surface area contributed by atoms with Crippen LogP contribution in [-0.2, 0) is 13.0 Å². The van der Waals surface area contributed by atoms with Crippen LogP contribution in [-0.4, -0.2) is 58.4 Å². The molecular formula is C20H26IN7S2. The molecule has 1 aromatic carbocycles. The van der Waals surface area contributed by atoms with E-state index in [0.29, 0.717) is 6.54 Å². The number of hydrogen-bond donors (Lipinski definition) is 1. The van der Waals surface area contributed by atoms with Crippen LogP contribution in [0.4, 0.5) is 5.13 Å². The number of nitrogens with zero attached hydrogens (tertiary/aromatic N) is 6. The molecule has 0 aliphatic carbocycles. The molecule has 3 heterocycles. The number of benzene rings is 1. The van der Waals surface area contributed by atoms with Gasteiger partial charge in [-0.25, -0.2) is 9.97 Å². The van der Waals surface area contributed by atoms with Crippen molar-refractivity contribution in [1.82, 2.24) is 24.6 Å². The summed E-state index contributed by atoms with van der Waals surface area (Å²) < 4.78 is 4.40. The second-order valence-corrected chi connectivity index (χ2v) is 8.39. The van der Waals surface area contributed by atoms with E-state index < -0.39 is 0 Å². The number of aryl methyl sites for hydroxylation is 1. The summed E-state index contributed by atoms with van der Waals surface area (Å²) in [5.74, 6) is 1.86. The summed E-state index contributed by atoms with van der Waals surface area (Å²) in [7, 11) is 1.84. The smallest absolute Gasteiger partial charge is 0.205 e. The maximum atomic E-state index is 4.75. The number of aliphatic imine (C=N–C) groups is 1. The zero-order valence-corrected chi connectivity index (χ0v) is 21.1. The second kappa shape index (κ2) is 11.0. The predicted molar refractivity (Wildman–Crippen MR) is 136 cm³/mol. The Bertz CT molecular complexity index is 949. The highest BCUT2D eigenvalue weighted by Gasteiger charge is 2.22. The van der Waals surface area contributed by atoms with Crippen molar-refractivity contribution in [3.63, 3.8) is 0 Å². The summed E-state index contributed by atoms with van der Waals surface area (Å²) in [4.78, 5) is 18.4. The number of halogens is 1. The molecule has 0 saturated carbocycles. The third-order valence-corrected chi connectivity index (χ3v) is 6.52. The lowest BCUT2D eigenvalue weighted by molar-refractivity contribution is 0.372. The standard InChI is InChI=1S/C20H25N7S2.HI/c1-3-17-24-20(29-25-17)27-11-9-26(10-12-27)19(21-2)22-13-18-23-16(14-28-18)15-7-5-4-6-8-15;/h4-8,14H,3,9-13H2,1-2H3,(H,21,22);1H. The third-order valence-electron chi connectivity index (χ3n) is 4.85. The predicted octanol–water partition coefficient (Wildman–Crippen LogP) is 3.74. The molecule has 160 valence electrons. The minimum atomic E-state index is 0. The maximum absolute atomic E-state index is 4.75. The molecule has 2 aromatic heterocycles. The molecule has 1 aliphatic rings. The van der Waals surface area contributed by atoms with E-state index in [4.69, 9.17) is 4.98 Å². The van der Waals surface area contributed by atoms with Crippen LogP contribution in [0.25, 0.3) is 11.3 Å². The number of guanidine groups is 1. The number of aromatic nitrogens is 3. The van der Waals surface area contributed by atoms with E-state index in [1.54, 1.807) is 11.3 Å². The van der Waals surface area contributed by atoms with Crippen molar-refractivity contribution in [3.8, 4) is 11.3 Å². The summed E-state index contributed by atoms with van der Waals surface area (Å²) in [5, 5.41) is 7.67. The van der Waals surface area contributed by atoms with Crippen molar-refractivity contribution in [2.75, 3.05) is 38.1 Å². The van der Waals surface area contributed by atoms with Crippen molar-refractivity contribution in [1.29, 1.82) is 0 Å². The number of thiazole rings is 1. The number of hydrogen-bond acceptors (Lipinski definition) is 7. The Labute approximate surface area is 202 Å². The molecule has 0 bridgehead atoms. The number of rotatable bonds is 5. The summed E-state index contributed by atoms with van der Waals surface area (Å²) >= 11 is 3.17. The molecular weight excluding hydrogens is 529 g/mol. The fraction of sp³-hybridized carbons (Fsp3) is 0.400. The lowest BCUT2D eigenvalue weighted by atomic mass is 10.2. The molecule has 4 rings (SSSR count). The van der Waals surface area contributed by atoms with Gasteiger partial charge in [-0.3, -0.25) is 4.99 Å². The van der Waals surface area contributed by atoms with Crippen LogP contribution in [0.1, 0.15) is 17.8 Å². The highest BCUT2D eigenvalue weighted by molar-refractivity contribution is 14.0. The average Bonchev–Trinajstić information content (AvgIpc) is 3.45. The van der Waals surface area contributed by atoms with Gasteiger partial charge in [0.05, 0.1) is 12.2 Å². The lowest BCUT2D eigenvalue weighted by Gasteiger charge is -2.36. The monoisotopic (exact) mass is 555 g/mol. The quantitative estimate of drug-likeness (QED) is 0.294. The molecule has 30 heavy (non-hydrogen) atoms. The van der Waals surface area contributed by atoms with Crippen LogP contribution >= 0.6 is 46.8 Å². The van der Waals surface area contributed by atoms with Crippen LogP contribution in [0, 0.1) is 0 Å². The van der Waals surface area contributed by atoms with Gasteiger partial charge in [-0.15, -0.1) is 35.3 Å². The maximum Gasteiger partial charge on any atom is 0.205 e. The van der Waals surface area contributed by atoms with Gasteiger partial charge in [-0.05, 0) is 0 Å². The summed E-state index contributed by atoms with van der Waals surface area (Å²) in [6, 6.07) is 10.3. The van der Waals surface area contributed by atoms with Crippen molar-refractivity contribution in [2.45, 2.75) is 19.9 Å². The van der Waals surface area contributed by atoms with Crippen molar-refractivity contribution < 1.29 is 0 Å². The number of piperazine rings is 1. The first-order valence-electron chi connectivity index (χ1n) is 9.79. The number of anilines is 1. The van der Waals surface area contributed by atoms with Crippen LogP contribution < -0.4 is 10.2 Å². The summed E-state index contributed by atoms with van der Waals surface area (Å²) in [6.07, 6.45) is 0.885. The molecule has 3 aromatic rings. The van der Waals surface area contributed by atoms with Gasteiger partial charge in [0.25, 0.3) is 0 Å². The Morgan fingerprint density at radius 1 is 1.13 bits per heavy atom. The molecule has 0 unspecified atom stereocenters. The molecule has 1 N–H and O–H groups in total. The summed E-state index contributed by atoms with van der Waals surface area (Å²) in [6.45, 7) is 6.44. The van der Waals surface area contributed by atoms with Crippen molar-refractivity contribution in [3.05, 3.63) is 46.5 Å². The highest BCUT2D eigenvalue weighted by Crippen LogP contribution is 2.22. The van der Waals surface area contributed by atoms with Crippen LogP contribution in [0.3, 0.4) is 0 Å². The van der Waals surface area contributed by atoms with Crippen LogP contribution in [0.2, 0.25) is 0 Å². The van der Waals surface area contributed by atoms with Gasteiger partial charge in [0.15, 0.2) is 5.96 Å². The van der Waals surface area contributed by atoms with Gasteiger partial charge in [-0.1, -0.05) is 37.3 Å². The first-order chi connectivity index (χ1) is 14.3. The molecule has 0 atom stereocenters. The van der Waals surface area contributed by atoms with E-state index in [-0.39, 0.29) is 24.0 Å². The summed E-state index contributed by atoms with van der Waals surface area (Å²) in [5.41, 5.74) is 2.18. The van der Waals surface area contributed by atoms with Crippen molar-refractivity contribution >= 4 is 57.9 Å². The van der Waals surface area contributed by atoms with E-state index in [1.807, 2.05) is 25.2 Å². The topological polar surface area (TPSA) is 69.5 Å². The zero-order chi connectivity index (χ0) is 20.1. The minimum absolute atomic E-state index is 0. The van der Waals surface area contributed by atoms with Gasteiger partial charge < -0.3 is 15.1 Å². The number of nitrogens with one attached hydrogen (secondary N) is 1. The Morgan fingerprint density at radius 3 is 2.57 bits per heavy atom. The lowest BCUT2D eigenvalue weighted by Crippen LogP contribution is -2.52. The first-order valence-corrected chi connectivity index (χ1v) is 11.4. The second-order valence-electron chi connectivity index (χ2n) is 6.71. The van der Waals surface area contributed by atoms with Gasteiger partial charge in [0.1, 0.15) is 10.8 Å². The third kappa shape index (κ3) is 5.46. The van der Waals surface area contributed by atoms with Crippen LogP contribution in [0.5, 0.6) is 0 Å². The van der Waals surface area contributed by atoms with E-state index >= 15 is 0 Å². The normalized spacial score (nSPS) is 14.5. The molecule has 1 aliphatic heterocycles. The van der Waals surface area contributed by atoms with Crippen LogP contribution in [0.15, 0.2) is 40.7 Å².